The standard InChI is InChI=1S/3C11H23NS2.Bi/c3*1-3-5-7-9-12(11(13)14)10-8-6-4-2;/h3*3-10H2,1-2H3,(H,13,14);/q;;;+3/p-3. The molecule has 254 valence electrons. The van der Waals surface area contributed by atoms with E-state index in [0.717, 1.165) is 39.3 Å². The zero-order valence-corrected chi connectivity index (χ0v) is 37.1. The number of hydrogen-bond donors (Lipinski definition) is 0. The molecule has 43 heavy (non-hydrogen) atoms. The third-order valence-corrected chi connectivity index (χ3v) is 8.51. The van der Waals surface area contributed by atoms with Crippen molar-refractivity contribution >= 4 is 114 Å². The monoisotopic (exact) mass is 905 g/mol. The minimum absolute atomic E-state index is 0. The molecule has 3 nitrogen and oxygen atoms in total. The van der Waals surface area contributed by atoms with Gasteiger partial charge >= 0.3 is 26.2 Å². The van der Waals surface area contributed by atoms with Crippen LogP contribution in [0.5, 0.6) is 0 Å². The maximum atomic E-state index is 5.06. The molecule has 0 aliphatic rings. The number of unbranched alkanes of at least 4 members (excludes halogenated alkanes) is 12. The number of thiocarbonyl (C=S) groups is 3. The first-order chi connectivity index (χ1) is 20.2. The van der Waals surface area contributed by atoms with Crippen molar-refractivity contribution in [2.24, 2.45) is 0 Å². The number of rotatable bonds is 24. The molecule has 0 aromatic carbocycles. The summed E-state index contributed by atoms with van der Waals surface area (Å²) in [5.41, 5.74) is 0. The van der Waals surface area contributed by atoms with Gasteiger partial charge in [-0.1, -0.05) is 132 Å². The normalized spacial score (nSPS) is 9.91. The van der Waals surface area contributed by atoms with E-state index in [2.05, 4.69) is 56.2 Å². The molecule has 0 aromatic rings. The largest absolute Gasteiger partial charge is 3.00 e. The van der Waals surface area contributed by atoms with E-state index in [1.807, 2.05) is 0 Å². The Bertz CT molecular complexity index is 502. The van der Waals surface area contributed by atoms with Crippen molar-refractivity contribution in [3.8, 4) is 0 Å². The Morgan fingerprint density at radius 1 is 0.349 bits per heavy atom. The molecule has 0 atom stereocenters. The van der Waals surface area contributed by atoms with Crippen LogP contribution in [0.2, 0.25) is 0 Å². The summed E-state index contributed by atoms with van der Waals surface area (Å²) in [6, 6.07) is 0. The predicted octanol–water partition coefficient (Wildman–Crippen LogP) is 10.1. The maximum Gasteiger partial charge on any atom is 3.00 e. The second kappa shape index (κ2) is 41.2. The molecule has 0 N–H and O–H groups in total. The fourth-order valence-electron chi connectivity index (χ4n) is 4.20. The van der Waals surface area contributed by atoms with Crippen LogP contribution in [-0.4, -0.2) is 93.1 Å². The fraction of sp³-hybridized carbons (Fsp3) is 0.909. The minimum Gasteiger partial charge on any atom is -0.411 e. The third-order valence-electron chi connectivity index (χ3n) is 6.96. The molecule has 0 aliphatic heterocycles. The predicted molar refractivity (Wildman–Crippen MR) is 218 cm³/mol. The van der Waals surface area contributed by atoms with Crippen molar-refractivity contribution in [3.05, 3.63) is 0 Å². The van der Waals surface area contributed by atoms with Crippen LogP contribution < -0.4 is 0 Å². The maximum absolute atomic E-state index is 5.06. The molecule has 0 amide bonds. The van der Waals surface area contributed by atoms with Crippen LogP contribution in [0.1, 0.15) is 157 Å². The second-order valence-corrected chi connectivity index (χ2v) is 14.1. The van der Waals surface area contributed by atoms with Gasteiger partial charge in [-0.25, -0.2) is 0 Å². The number of nitrogens with zero attached hydrogens (tertiary/aromatic N) is 3. The molecule has 0 unspecified atom stereocenters. The van der Waals surface area contributed by atoms with Gasteiger partial charge in [0.25, 0.3) is 0 Å². The van der Waals surface area contributed by atoms with Gasteiger partial charge in [-0.2, -0.15) is 0 Å². The molecule has 0 saturated heterocycles. The van der Waals surface area contributed by atoms with Crippen LogP contribution in [0.15, 0.2) is 0 Å². The van der Waals surface area contributed by atoms with Crippen LogP contribution in [-0.2, 0) is 37.9 Å². The van der Waals surface area contributed by atoms with E-state index >= 15 is 0 Å². The minimum atomic E-state index is 0. The third kappa shape index (κ3) is 39.3. The summed E-state index contributed by atoms with van der Waals surface area (Å²) in [7, 11) is 0. The Morgan fingerprint density at radius 2 is 0.488 bits per heavy atom. The average Bonchev–Trinajstić information content (AvgIpc) is 2.95. The first-order valence-corrected chi connectivity index (χ1v) is 19.5. The van der Waals surface area contributed by atoms with E-state index < -0.39 is 0 Å². The van der Waals surface area contributed by atoms with Gasteiger partial charge in [-0.05, 0) is 38.5 Å². The molecule has 2 radical (unpaired) electrons. The molecule has 0 heterocycles. The van der Waals surface area contributed by atoms with E-state index in [1.165, 1.54) is 116 Å². The zero-order valence-electron chi connectivity index (χ0n) is 28.7. The topological polar surface area (TPSA) is 9.72 Å². The molecule has 0 bridgehead atoms. The van der Waals surface area contributed by atoms with Gasteiger partial charge in [0.1, 0.15) is 0 Å². The first kappa shape index (κ1) is 51.1. The molecule has 0 rings (SSSR count). The van der Waals surface area contributed by atoms with Crippen molar-refractivity contribution in [2.45, 2.75) is 157 Å². The fourth-order valence-corrected chi connectivity index (χ4v) is 5.29. The van der Waals surface area contributed by atoms with Crippen molar-refractivity contribution in [1.29, 1.82) is 0 Å². The average molecular weight is 906 g/mol. The first-order valence-electron chi connectivity index (χ1n) is 17.0. The van der Waals surface area contributed by atoms with Crippen LogP contribution in [0, 0.1) is 0 Å². The SMILES string of the molecule is CCCCCN(CCCCC)C(=S)[S-].CCCCCN(CCCCC)C(=S)[S-].CCCCCN(CCCCC)C(=S)[S-].[Bi+3]. The summed E-state index contributed by atoms with van der Waals surface area (Å²) in [6.07, 6.45) is 22.6. The van der Waals surface area contributed by atoms with E-state index in [0.29, 0.717) is 13.0 Å². The van der Waals surface area contributed by atoms with Gasteiger partial charge in [0, 0.05) is 39.3 Å². The summed E-state index contributed by atoms with van der Waals surface area (Å²) in [4.78, 5) is 6.53. The smallest absolute Gasteiger partial charge is 0.411 e. The van der Waals surface area contributed by atoms with E-state index in [9.17, 15) is 0 Å². The second-order valence-electron chi connectivity index (χ2n) is 11.0. The van der Waals surface area contributed by atoms with Gasteiger partial charge in [0.2, 0.25) is 0 Å². The molecule has 0 aromatic heterocycles. The van der Waals surface area contributed by atoms with Gasteiger partial charge < -0.3 is 89.2 Å². The van der Waals surface area contributed by atoms with Crippen LogP contribution in [0.25, 0.3) is 0 Å². The summed E-state index contributed by atoms with van der Waals surface area (Å²) in [5.74, 6) is 0. The van der Waals surface area contributed by atoms with Crippen molar-refractivity contribution in [1.82, 2.24) is 14.7 Å². The van der Waals surface area contributed by atoms with Crippen LogP contribution in [0.4, 0.5) is 0 Å². The molecule has 0 aliphatic carbocycles. The van der Waals surface area contributed by atoms with E-state index in [1.54, 1.807) is 0 Å². The Kier molecular flexibility index (Phi) is 49.0. The quantitative estimate of drug-likeness (QED) is 0.0402. The van der Waals surface area contributed by atoms with Crippen molar-refractivity contribution < 1.29 is 0 Å². The molecule has 0 fully saturated rings. The van der Waals surface area contributed by atoms with Crippen molar-refractivity contribution in [3.63, 3.8) is 0 Å². The molecule has 0 spiro atoms. The van der Waals surface area contributed by atoms with E-state index in [-0.39, 0.29) is 26.2 Å². The van der Waals surface area contributed by atoms with Gasteiger partial charge in [0.05, 0.1) is 0 Å². The molecule has 0 saturated carbocycles. The zero-order chi connectivity index (χ0) is 32.4. The van der Waals surface area contributed by atoms with Gasteiger partial charge in [-0.15, -0.1) is 0 Å². The summed E-state index contributed by atoms with van der Waals surface area (Å²) < 4.78 is 1.95. The van der Waals surface area contributed by atoms with Crippen molar-refractivity contribution in [2.75, 3.05) is 39.3 Å². The van der Waals surface area contributed by atoms with Gasteiger partial charge in [-0.3, -0.25) is 0 Å². The summed E-state index contributed by atoms with van der Waals surface area (Å²) in [6.45, 7) is 19.6. The molecular formula is C33H66BiN3S6. The van der Waals surface area contributed by atoms with E-state index in [4.69, 9.17) is 74.5 Å². The van der Waals surface area contributed by atoms with Crippen LogP contribution in [0.3, 0.4) is 0 Å². The molecule has 10 heteroatoms. The Labute approximate surface area is 321 Å². The Balaban J connectivity index is -0.000000262. The summed E-state index contributed by atoms with van der Waals surface area (Å²) in [5, 5.41) is 0. The Hall–Kier alpha value is 1.21. The van der Waals surface area contributed by atoms with Gasteiger partial charge in [0.15, 0.2) is 0 Å². The molecular weight excluding hydrogens is 840 g/mol. The Morgan fingerprint density at radius 3 is 0.581 bits per heavy atom. The number of hydrogen-bond acceptors (Lipinski definition) is 6. The summed E-state index contributed by atoms with van der Waals surface area (Å²) >= 11 is 30.3. The van der Waals surface area contributed by atoms with Crippen LogP contribution >= 0.6 is 36.7 Å².